The van der Waals surface area contributed by atoms with Gasteiger partial charge in [0.15, 0.2) is 11.5 Å². The molecule has 5 aromatic rings. The van der Waals surface area contributed by atoms with E-state index in [0.717, 1.165) is 0 Å². The number of hydrogen-bond donors (Lipinski definition) is 0. The van der Waals surface area contributed by atoms with Gasteiger partial charge >= 0.3 is 14.7 Å². The summed E-state index contributed by atoms with van der Waals surface area (Å²) in [7, 11) is -7.13. The fourth-order valence-electron chi connectivity index (χ4n) is 3.74. The second kappa shape index (κ2) is 11.6. The Labute approximate surface area is 221 Å². The molecule has 0 bridgehead atoms. The molecule has 0 heterocycles. The molecule has 0 spiro atoms. The van der Waals surface area contributed by atoms with Gasteiger partial charge < -0.3 is 9.78 Å². The maximum absolute atomic E-state index is 14.0. The lowest BCUT2D eigenvalue weighted by Crippen LogP contribution is -2.19. The van der Waals surface area contributed by atoms with E-state index in [1.165, 1.54) is 6.07 Å². The third-order valence-corrected chi connectivity index (χ3v) is 10.1. The van der Waals surface area contributed by atoms with Gasteiger partial charge in [0.1, 0.15) is 0 Å². The summed E-state index contributed by atoms with van der Waals surface area (Å²) >= 11 is 0. The summed E-state index contributed by atoms with van der Waals surface area (Å²) in [5.41, 5.74) is 0. The van der Waals surface area contributed by atoms with Crippen molar-refractivity contribution in [3.05, 3.63) is 146 Å². The molecule has 0 aliphatic rings. The average molecular weight is 542 g/mol. The quantitative estimate of drug-likeness (QED) is 0.120. The van der Waals surface area contributed by atoms with Crippen molar-refractivity contribution in [3.8, 4) is 11.5 Å². The van der Waals surface area contributed by atoms with Gasteiger partial charge in [-0.1, -0.05) is 78.9 Å². The molecule has 38 heavy (non-hydrogen) atoms. The minimum absolute atomic E-state index is 0.229. The van der Waals surface area contributed by atoms with Crippen LogP contribution in [0.2, 0.25) is 0 Å². The van der Waals surface area contributed by atoms with Crippen molar-refractivity contribution in [1.29, 1.82) is 0 Å². The molecule has 0 aromatic heterocycles. The van der Waals surface area contributed by atoms with Crippen LogP contribution in [0.5, 0.6) is 11.5 Å². The molecule has 0 radical (unpaired) electrons. The largest absolute Gasteiger partial charge is 0.330 e. The van der Waals surface area contributed by atoms with Crippen LogP contribution in [0.3, 0.4) is 0 Å². The summed E-state index contributed by atoms with van der Waals surface area (Å²) in [6.45, 7) is 0. The van der Waals surface area contributed by atoms with Gasteiger partial charge in [0.25, 0.3) is 0 Å². The Bertz CT molecular complexity index is 1360. The minimum atomic E-state index is -3.57. The zero-order valence-electron chi connectivity index (χ0n) is 20.2. The van der Waals surface area contributed by atoms with Crippen molar-refractivity contribution >= 4 is 36.0 Å². The van der Waals surface area contributed by atoms with E-state index in [0.29, 0.717) is 21.2 Å². The van der Waals surface area contributed by atoms with Gasteiger partial charge in [0, 0.05) is 27.3 Å². The Kier molecular flexibility index (Phi) is 7.88. The van der Waals surface area contributed by atoms with Crippen molar-refractivity contribution in [2.75, 3.05) is 0 Å². The molecule has 0 saturated heterocycles. The van der Waals surface area contributed by atoms with E-state index in [1.54, 1.807) is 115 Å². The fourth-order valence-corrected chi connectivity index (χ4v) is 7.32. The molecule has 8 heteroatoms. The number of benzene rings is 5. The molecule has 5 aromatic carbocycles. The highest BCUT2D eigenvalue weighted by molar-refractivity contribution is 7.74. The zero-order valence-corrected chi connectivity index (χ0v) is 22.0. The molecule has 0 unspecified atom stereocenters. The first-order valence-electron chi connectivity index (χ1n) is 11.8. The molecular weight excluding hydrogens is 518 g/mol. The SMILES string of the molecule is O=P(OOc1cccc(OOP(=O)(c2ccccc2)c2ccccc2)c1)(c1ccccc1)c1ccccc1. The summed E-state index contributed by atoms with van der Waals surface area (Å²) < 4.78 is 39.3. The van der Waals surface area contributed by atoms with Gasteiger partial charge in [-0.2, -0.15) is 0 Å². The molecule has 0 fully saturated rings. The third kappa shape index (κ3) is 5.65. The van der Waals surface area contributed by atoms with Crippen molar-refractivity contribution in [1.82, 2.24) is 0 Å². The lowest BCUT2D eigenvalue weighted by Gasteiger charge is -2.19. The molecule has 0 saturated carbocycles. The smallest absolute Gasteiger partial charge is 0.303 e. The molecule has 0 N–H and O–H groups in total. The third-order valence-electron chi connectivity index (χ3n) is 5.67. The van der Waals surface area contributed by atoms with E-state index >= 15 is 0 Å². The Morgan fingerprint density at radius 2 is 0.658 bits per heavy atom. The predicted octanol–water partition coefficient (Wildman–Crippen LogP) is 6.17. The van der Waals surface area contributed by atoms with Crippen LogP contribution in [0.1, 0.15) is 0 Å². The maximum Gasteiger partial charge on any atom is 0.303 e. The molecule has 5 rings (SSSR count). The summed E-state index contributed by atoms with van der Waals surface area (Å²) in [5, 5.41) is 1.98. The molecule has 0 atom stereocenters. The summed E-state index contributed by atoms with van der Waals surface area (Å²) in [4.78, 5) is 11.1. The Morgan fingerprint density at radius 1 is 0.368 bits per heavy atom. The van der Waals surface area contributed by atoms with Crippen LogP contribution in [0.4, 0.5) is 0 Å². The van der Waals surface area contributed by atoms with Crippen molar-refractivity contribution in [2.45, 2.75) is 0 Å². The molecule has 190 valence electrons. The molecular formula is C30H24O6P2. The van der Waals surface area contributed by atoms with Crippen LogP contribution in [-0.4, -0.2) is 0 Å². The minimum Gasteiger partial charge on any atom is -0.330 e. The standard InChI is InChI=1S/C30H24O6P2/c31-37(27-16-5-1-6-17-27,28-18-7-2-8-19-28)35-33-25-14-13-15-26(24-25)34-36-38(32,29-20-9-3-10-21-29)30-22-11-4-12-23-30/h1-24H. The van der Waals surface area contributed by atoms with Gasteiger partial charge in [-0.15, -0.1) is 9.35 Å². The first-order chi connectivity index (χ1) is 18.6. The second-order valence-corrected chi connectivity index (χ2v) is 12.8. The van der Waals surface area contributed by atoms with E-state index in [1.807, 2.05) is 24.3 Å². The van der Waals surface area contributed by atoms with Crippen molar-refractivity contribution < 1.29 is 28.3 Å². The van der Waals surface area contributed by atoms with Crippen molar-refractivity contribution in [3.63, 3.8) is 0 Å². The Morgan fingerprint density at radius 3 is 0.947 bits per heavy atom. The predicted molar refractivity (Wildman–Crippen MR) is 149 cm³/mol. The topological polar surface area (TPSA) is 71.1 Å². The van der Waals surface area contributed by atoms with Gasteiger partial charge in [-0.3, -0.25) is 9.13 Å². The summed E-state index contributed by atoms with van der Waals surface area (Å²) in [6, 6.07) is 41.9. The van der Waals surface area contributed by atoms with Gasteiger partial charge in [0.05, 0.1) is 0 Å². The van der Waals surface area contributed by atoms with Crippen LogP contribution in [0, 0.1) is 0 Å². The fraction of sp³-hybridized carbons (Fsp3) is 0. The number of hydrogen-bond acceptors (Lipinski definition) is 6. The first kappa shape index (κ1) is 25.7. The lowest BCUT2D eigenvalue weighted by atomic mass is 10.3. The molecule has 6 nitrogen and oxygen atoms in total. The highest BCUT2D eigenvalue weighted by atomic mass is 31.2. The second-order valence-electron chi connectivity index (χ2n) is 8.24. The van der Waals surface area contributed by atoms with Gasteiger partial charge in [-0.05, 0) is 60.7 Å². The van der Waals surface area contributed by atoms with Gasteiger partial charge in [0.2, 0.25) is 0 Å². The van der Waals surface area contributed by atoms with Crippen LogP contribution in [-0.2, 0) is 18.5 Å². The highest BCUT2D eigenvalue weighted by Gasteiger charge is 2.32. The molecule has 0 aliphatic heterocycles. The Balaban J connectivity index is 1.36. The van der Waals surface area contributed by atoms with E-state index in [2.05, 4.69) is 0 Å². The maximum atomic E-state index is 14.0. The van der Waals surface area contributed by atoms with Crippen LogP contribution in [0.25, 0.3) is 0 Å². The van der Waals surface area contributed by atoms with E-state index in [9.17, 15) is 9.13 Å². The van der Waals surface area contributed by atoms with Crippen LogP contribution in [0.15, 0.2) is 146 Å². The van der Waals surface area contributed by atoms with E-state index < -0.39 is 14.7 Å². The van der Waals surface area contributed by atoms with E-state index in [4.69, 9.17) is 19.1 Å². The average Bonchev–Trinajstić information content (AvgIpc) is 3.00. The van der Waals surface area contributed by atoms with Crippen LogP contribution >= 0.6 is 14.7 Å². The summed E-state index contributed by atoms with van der Waals surface area (Å²) in [6.07, 6.45) is 0. The van der Waals surface area contributed by atoms with Crippen molar-refractivity contribution in [2.24, 2.45) is 0 Å². The number of rotatable bonds is 10. The highest BCUT2D eigenvalue weighted by Crippen LogP contribution is 2.46. The summed E-state index contributed by atoms with van der Waals surface area (Å²) in [5.74, 6) is 0.458. The van der Waals surface area contributed by atoms with Gasteiger partial charge in [-0.25, -0.2) is 0 Å². The molecule has 0 amide bonds. The van der Waals surface area contributed by atoms with E-state index in [-0.39, 0.29) is 11.5 Å². The monoisotopic (exact) mass is 542 g/mol. The Hall–Kier alpha value is -3.92. The normalized spacial score (nSPS) is 11.6. The van der Waals surface area contributed by atoms with Crippen LogP contribution < -0.4 is 31.0 Å². The molecule has 0 aliphatic carbocycles. The lowest BCUT2D eigenvalue weighted by molar-refractivity contribution is -0.101. The zero-order chi connectivity index (χ0) is 26.3. The first-order valence-corrected chi connectivity index (χ1v) is 15.1.